The summed E-state index contributed by atoms with van der Waals surface area (Å²) in [6.07, 6.45) is 0.912. The third kappa shape index (κ3) is 4.48. The zero-order chi connectivity index (χ0) is 9.19. The molecular weight excluding hydrogens is 190 g/mol. The number of carbonyl (C=O) groups is 1. The molecule has 13 heavy (non-hydrogen) atoms. The van der Waals surface area contributed by atoms with E-state index in [1.54, 1.807) is 0 Å². The van der Waals surface area contributed by atoms with Crippen LogP contribution in [0.25, 0.3) is 0 Å². The molecule has 0 aromatic rings. The Balaban J connectivity index is 0.00000144. The molecule has 1 aliphatic heterocycles. The van der Waals surface area contributed by atoms with Gasteiger partial charge in [-0.1, -0.05) is 0 Å². The molecule has 1 fully saturated rings. The number of hydrogen-bond acceptors (Lipinski definition) is 3. The fraction of sp³-hybridized carbons (Fsp3) is 0.889. The SMILES string of the molecule is CC(C)(C)OC(=O)C1CCNC1.Cl. The minimum atomic E-state index is -0.348. The molecule has 1 N–H and O–H groups in total. The minimum absolute atomic E-state index is 0. The molecule has 0 aromatic heterocycles. The molecule has 1 rings (SSSR count). The molecule has 0 aliphatic carbocycles. The molecule has 0 aromatic carbocycles. The van der Waals surface area contributed by atoms with Gasteiger partial charge in [0, 0.05) is 6.54 Å². The second kappa shape index (κ2) is 4.82. The Kier molecular flexibility index (Phi) is 4.71. The van der Waals surface area contributed by atoms with Crippen molar-refractivity contribution in [1.82, 2.24) is 5.32 Å². The van der Waals surface area contributed by atoms with Gasteiger partial charge in [-0.15, -0.1) is 12.4 Å². The Morgan fingerprint density at radius 1 is 1.46 bits per heavy atom. The molecule has 4 heteroatoms. The zero-order valence-corrected chi connectivity index (χ0v) is 9.24. The molecule has 3 nitrogen and oxygen atoms in total. The lowest BCUT2D eigenvalue weighted by Gasteiger charge is -2.21. The van der Waals surface area contributed by atoms with Gasteiger partial charge >= 0.3 is 5.97 Å². The molecule has 0 bridgehead atoms. The van der Waals surface area contributed by atoms with Gasteiger partial charge < -0.3 is 10.1 Å². The summed E-state index contributed by atoms with van der Waals surface area (Å²) in [6.45, 7) is 7.40. The van der Waals surface area contributed by atoms with E-state index in [2.05, 4.69) is 5.32 Å². The van der Waals surface area contributed by atoms with Crippen LogP contribution in [0.1, 0.15) is 27.2 Å². The van der Waals surface area contributed by atoms with E-state index in [1.165, 1.54) is 0 Å². The molecule has 0 saturated carbocycles. The van der Waals surface area contributed by atoms with Crippen molar-refractivity contribution in [2.24, 2.45) is 5.92 Å². The fourth-order valence-corrected chi connectivity index (χ4v) is 1.24. The smallest absolute Gasteiger partial charge is 0.310 e. The molecule has 1 saturated heterocycles. The van der Waals surface area contributed by atoms with E-state index in [-0.39, 0.29) is 29.9 Å². The third-order valence-electron chi connectivity index (χ3n) is 1.80. The van der Waals surface area contributed by atoms with Gasteiger partial charge in [-0.25, -0.2) is 0 Å². The Bertz CT molecular complexity index is 171. The summed E-state index contributed by atoms with van der Waals surface area (Å²) >= 11 is 0. The van der Waals surface area contributed by atoms with Crippen molar-refractivity contribution in [3.05, 3.63) is 0 Å². The maximum absolute atomic E-state index is 11.4. The van der Waals surface area contributed by atoms with Gasteiger partial charge in [-0.3, -0.25) is 4.79 Å². The van der Waals surface area contributed by atoms with Crippen molar-refractivity contribution in [3.63, 3.8) is 0 Å². The topological polar surface area (TPSA) is 38.3 Å². The second-order valence-electron chi connectivity index (χ2n) is 4.22. The normalized spacial score (nSPS) is 22.2. The molecule has 1 unspecified atom stereocenters. The van der Waals surface area contributed by atoms with Crippen LogP contribution in [0.3, 0.4) is 0 Å². The van der Waals surface area contributed by atoms with Crippen molar-refractivity contribution in [2.75, 3.05) is 13.1 Å². The van der Waals surface area contributed by atoms with E-state index in [4.69, 9.17) is 4.74 Å². The standard InChI is InChI=1S/C9H17NO2.ClH/c1-9(2,3)12-8(11)7-4-5-10-6-7;/h7,10H,4-6H2,1-3H3;1H. The molecular formula is C9H18ClNO2. The lowest BCUT2D eigenvalue weighted by atomic mass is 10.1. The number of nitrogens with one attached hydrogen (secondary N) is 1. The Hall–Kier alpha value is -0.280. The highest BCUT2D eigenvalue weighted by molar-refractivity contribution is 5.85. The summed E-state index contributed by atoms with van der Waals surface area (Å²) in [6, 6.07) is 0. The highest BCUT2D eigenvalue weighted by Gasteiger charge is 2.27. The van der Waals surface area contributed by atoms with Crippen molar-refractivity contribution < 1.29 is 9.53 Å². The van der Waals surface area contributed by atoms with Gasteiger partial charge in [0.15, 0.2) is 0 Å². The maximum Gasteiger partial charge on any atom is 0.310 e. The number of ether oxygens (including phenoxy) is 1. The number of rotatable bonds is 1. The number of carbonyl (C=O) groups excluding carboxylic acids is 1. The van der Waals surface area contributed by atoms with E-state index >= 15 is 0 Å². The molecule has 0 radical (unpaired) electrons. The van der Waals surface area contributed by atoms with Crippen LogP contribution < -0.4 is 5.32 Å². The summed E-state index contributed by atoms with van der Waals surface area (Å²) in [5.74, 6) is 0.0109. The Labute approximate surface area is 85.6 Å². The van der Waals surface area contributed by atoms with E-state index in [0.29, 0.717) is 0 Å². The number of hydrogen-bond donors (Lipinski definition) is 1. The summed E-state index contributed by atoms with van der Waals surface area (Å²) < 4.78 is 5.24. The van der Waals surface area contributed by atoms with E-state index in [0.717, 1.165) is 19.5 Å². The minimum Gasteiger partial charge on any atom is -0.460 e. The van der Waals surface area contributed by atoms with Crippen molar-refractivity contribution in [2.45, 2.75) is 32.8 Å². The van der Waals surface area contributed by atoms with Crippen LogP contribution in [0.4, 0.5) is 0 Å². The first kappa shape index (κ1) is 12.7. The highest BCUT2D eigenvalue weighted by Crippen LogP contribution is 2.15. The first-order valence-electron chi connectivity index (χ1n) is 4.42. The zero-order valence-electron chi connectivity index (χ0n) is 8.42. The lowest BCUT2D eigenvalue weighted by molar-refractivity contribution is -0.159. The molecule has 0 amide bonds. The summed E-state index contributed by atoms with van der Waals surface area (Å²) in [7, 11) is 0. The van der Waals surface area contributed by atoms with Gasteiger partial charge in [-0.05, 0) is 33.7 Å². The van der Waals surface area contributed by atoms with Gasteiger partial charge in [0.1, 0.15) is 5.60 Å². The van der Waals surface area contributed by atoms with Gasteiger partial charge in [0.25, 0.3) is 0 Å². The van der Waals surface area contributed by atoms with Crippen LogP contribution in [0, 0.1) is 5.92 Å². The number of halogens is 1. The summed E-state index contributed by atoms with van der Waals surface area (Å²) in [4.78, 5) is 11.4. The molecule has 1 aliphatic rings. The van der Waals surface area contributed by atoms with E-state index in [9.17, 15) is 4.79 Å². The van der Waals surface area contributed by atoms with Gasteiger partial charge in [-0.2, -0.15) is 0 Å². The third-order valence-corrected chi connectivity index (χ3v) is 1.80. The molecule has 78 valence electrons. The van der Waals surface area contributed by atoms with Crippen LogP contribution in [0.15, 0.2) is 0 Å². The fourth-order valence-electron chi connectivity index (χ4n) is 1.24. The van der Waals surface area contributed by atoms with Crippen molar-refractivity contribution >= 4 is 18.4 Å². The lowest BCUT2D eigenvalue weighted by Crippen LogP contribution is -2.29. The van der Waals surface area contributed by atoms with Crippen LogP contribution in [-0.2, 0) is 9.53 Å². The van der Waals surface area contributed by atoms with E-state index < -0.39 is 0 Å². The average Bonchev–Trinajstić information content (AvgIpc) is 2.32. The largest absolute Gasteiger partial charge is 0.460 e. The molecule has 0 spiro atoms. The first-order valence-corrected chi connectivity index (χ1v) is 4.42. The Morgan fingerprint density at radius 2 is 2.08 bits per heavy atom. The van der Waals surface area contributed by atoms with Gasteiger partial charge in [0.05, 0.1) is 5.92 Å². The first-order chi connectivity index (χ1) is 5.49. The highest BCUT2D eigenvalue weighted by atomic mass is 35.5. The van der Waals surface area contributed by atoms with Crippen molar-refractivity contribution in [1.29, 1.82) is 0 Å². The van der Waals surface area contributed by atoms with Crippen LogP contribution in [0.2, 0.25) is 0 Å². The van der Waals surface area contributed by atoms with Gasteiger partial charge in [0.2, 0.25) is 0 Å². The number of esters is 1. The quantitative estimate of drug-likeness (QED) is 0.660. The monoisotopic (exact) mass is 207 g/mol. The van der Waals surface area contributed by atoms with E-state index in [1.807, 2.05) is 20.8 Å². The second-order valence-corrected chi connectivity index (χ2v) is 4.22. The maximum atomic E-state index is 11.4. The van der Waals surface area contributed by atoms with Crippen LogP contribution in [0.5, 0.6) is 0 Å². The Morgan fingerprint density at radius 3 is 2.46 bits per heavy atom. The molecule has 1 heterocycles. The van der Waals surface area contributed by atoms with Crippen LogP contribution in [-0.4, -0.2) is 24.7 Å². The summed E-state index contributed by atoms with van der Waals surface area (Å²) in [5.41, 5.74) is -0.348. The van der Waals surface area contributed by atoms with Crippen LogP contribution >= 0.6 is 12.4 Å². The predicted molar refractivity (Wildman–Crippen MR) is 54.1 cm³/mol. The predicted octanol–water partition coefficient (Wildman–Crippen LogP) is 1.36. The molecule has 1 atom stereocenters. The average molecular weight is 208 g/mol. The van der Waals surface area contributed by atoms with Crippen molar-refractivity contribution in [3.8, 4) is 0 Å². The summed E-state index contributed by atoms with van der Waals surface area (Å²) in [5, 5.41) is 3.14.